The number of hydrogen-bond acceptors (Lipinski definition) is 7. The van der Waals surface area contributed by atoms with E-state index in [4.69, 9.17) is 4.74 Å². The van der Waals surface area contributed by atoms with Gasteiger partial charge in [-0.25, -0.2) is 9.38 Å². The Bertz CT molecular complexity index is 1100. The predicted octanol–water partition coefficient (Wildman–Crippen LogP) is 4.04. The number of aliphatic hydroxyl groups excluding tert-OH is 2. The molecule has 7 nitrogen and oxygen atoms in total. The molecule has 5 rings (SSSR count). The lowest BCUT2D eigenvalue weighted by molar-refractivity contribution is 0.115. The second kappa shape index (κ2) is 11.0. The fourth-order valence-corrected chi connectivity index (χ4v) is 6.10. The highest BCUT2D eigenvalue weighted by atomic mass is 19.1. The topological polar surface area (TPSA) is 80.6 Å². The lowest BCUT2D eigenvalue weighted by Crippen LogP contribution is -2.62. The lowest BCUT2D eigenvalue weighted by atomic mass is 9.83. The predicted molar refractivity (Wildman–Crippen MR) is 143 cm³/mol. The number of halogens is 1. The van der Waals surface area contributed by atoms with Crippen molar-refractivity contribution in [1.29, 1.82) is 0 Å². The van der Waals surface area contributed by atoms with Crippen LogP contribution in [0.5, 0.6) is 5.75 Å². The van der Waals surface area contributed by atoms with E-state index in [2.05, 4.69) is 27.3 Å². The van der Waals surface area contributed by atoms with Crippen LogP contribution in [0.15, 0.2) is 53.5 Å². The molecule has 0 radical (unpaired) electrons. The zero-order valence-corrected chi connectivity index (χ0v) is 21.8. The van der Waals surface area contributed by atoms with E-state index in [1.165, 1.54) is 17.7 Å². The Kier molecular flexibility index (Phi) is 7.70. The van der Waals surface area contributed by atoms with E-state index in [1.54, 1.807) is 6.07 Å². The van der Waals surface area contributed by atoms with Crippen LogP contribution in [-0.2, 0) is 6.54 Å². The van der Waals surface area contributed by atoms with E-state index in [0.29, 0.717) is 12.1 Å². The Morgan fingerprint density at radius 2 is 1.89 bits per heavy atom. The zero-order valence-electron chi connectivity index (χ0n) is 21.8. The van der Waals surface area contributed by atoms with Crippen LogP contribution in [0.3, 0.4) is 0 Å². The first-order valence-electron chi connectivity index (χ1n) is 13.6. The van der Waals surface area contributed by atoms with Crippen LogP contribution in [0.4, 0.5) is 10.1 Å². The van der Waals surface area contributed by atoms with Gasteiger partial charge in [-0.2, -0.15) is 0 Å². The molecule has 8 heteroatoms. The van der Waals surface area contributed by atoms with Gasteiger partial charge in [-0.05, 0) is 88.3 Å². The number of ether oxygens (including phenoxy) is 1. The van der Waals surface area contributed by atoms with Gasteiger partial charge in [0.2, 0.25) is 6.35 Å². The molecule has 0 aromatic heterocycles. The molecule has 2 aromatic carbocycles. The Morgan fingerprint density at radius 3 is 2.62 bits per heavy atom. The summed E-state index contributed by atoms with van der Waals surface area (Å²) in [5.74, 6) is 1.30. The van der Waals surface area contributed by atoms with E-state index in [9.17, 15) is 14.6 Å². The molecule has 2 aliphatic heterocycles. The quantitative estimate of drug-likeness (QED) is 0.545. The smallest absolute Gasteiger partial charge is 0.228 e. The van der Waals surface area contributed by atoms with Crippen LogP contribution >= 0.6 is 0 Å². The van der Waals surface area contributed by atoms with Gasteiger partial charge >= 0.3 is 0 Å². The summed E-state index contributed by atoms with van der Waals surface area (Å²) in [5, 5.41) is 24.9. The monoisotopic (exact) mass is 510 g/mol. The van der Waals surface area contributed by atoms with Crippen LogP contribution in [0.1, 0.15) is 57.9 Å². The molecule has 2 aromatic rings. The van der Waals surface area contributed by atoms with Crippen molar-refractivity contribution in [3.05, 3.63) is 59.9 Å². The highest BCUT2D eigenvalue weighted by molar-refractivity contribution is 5.97. The van der Waals surface area contributed by atoms with Gasteiger partial charge in [-0.1, -0.05) is 18.2 Å². The minimum absolute atomic E-state index is 0.112. The summed E-state index contributed by atoms with van der Waals surface area (Å²) in [6.07, 6.45) is 3.63. The molecule has 1 saturated heterocycles. The summed E-state index contributed by atoms with van der Waals surface area (Å²) in [6.45, 7) is 6.48. The number of aliphatic hydroxyl groups is 2. The first-order valence-corrected chi connectivity index (χ1v) is 13.6. The van der Waals surface area contributed by atoms with Crippen molar-refractivity contribution in [2.24, 2.45) is 4.99 Å². The van der Waals surface area contributed by atoms with Gasteiger partial charge in [0, 0.05) is 31.4 Å². The molecular formula is C29H39FN4O3. The molecule has 3 atom stereocenters. The highest BCUT2D eigenvalue weighted by Gasteiger charge is 2.52. The largest absolute Gasteiger partial charge is 0.491 e. The molecule has 2 fully saturated rings. The molecule has 37 heavy (non-hydrogen) atoms. The number of likely N-dealkylation sites (tertiary alicyclic amines) is 1. The van der Waals surface area contributed by atoms with Crippen LogP contribution in [-0.4, -0.2) is 64.2 Å². The molecule has 1 aliphatic carbocycles. The maximum absolute atomic E-state index is 14.2. The van der Waals surface area contributed by atoms with Gasteiger partial charge in [0.1, 0.15) is 22.9 Å². The van der Waals surface area contributed by atoms with E-state index < -0.39 is 11.9 Å². The standard InChI is InChI=1S/C29H39FN4O3/c1-20(2)37-26-11-3-6-21(16-26)19-33-14-12-29(13-15-33)27(31-23-8-5-10-25(35)18-23)32-28(36)34(29)24-9-4-7-22(30)17-24/h3-4,6-7,9,11,16-17,20,23,25,28,35-36H,5,8,10,12-15,18-19H2,1-2H3,(H,31,32)/t23-,25-,28?/m1/s1. The van der Waals surface area contributed by atoms with Crippen molar-refractivity contribution in [2.45, 2.75) is 89.1 Å². The maximum atomic E-state index is 14.2. The Balaban J connectivity index is 1.35. The van der Waals surface area contributed by atoms with Crippen LogP contribution in [0, 0.1) is 5.82 Å². The lowest BCUT2D eigenvalue weighted by Gasteiger charge is -2.47. The number of aliphatic imine (C=N–C) groups is 1. The normalized spacial score (nSPS) is 25.9. The highest BCUT2D eigenvalue weighted by Crippen LogP contribution is 2.40. The van der Waals surface area contributed by atoms with Crippen molar-refractivity contribution < 1.29 is 19.3 Å². The van der Waals surface area contributed by atoms with Crippen molar-refractivity contribution in [2.75, 3.05) is 18.0 Å². The number of amidine groups is 1. The maximum Gasteiger partial charge on any atom is 0.228 e. The van der Waals surface area contributed by atoms with Gasteiger partial charge in [-0.3, -0.25) is 4.90 Å². The summed E-state index contributed by atoms with van der Waals surface area (Å²) >= 11 is 0. The number of rotatable bonds is 6. The molecule has 2 heterocycles. The van der Waals surface area contributed by atoms with Crippen LogP contribution < -0.4 is 15.0 Å². The number of hydrogen-bond donors (Lipinski definition) is 3. The van der Waals surface area contributed by atoms with Gasteiger partial charge < -0.3 is 25.2 Å². The Labute approximate surface area is 219 Å². The molecule has 200 valence electrons. The Hall–Kier alpha value is -2.68. The second-order valence-electron chi connectivity index (χ2n) is 11.0. The van der Waals surface area contributed by atoms with Gasteiger partial charge in [0.25, 0.3) is 0 Å². The molecule has 0 bridgehead atoms. The second-order valence-corrected chi connectivity index (χ2v) is 11.0. The third kappa shape index (κ3) is 5.76. The zero-order chi connectivity index (χ0) is 26.0. The number of nitrogens with zero attached hydrogens (tertiary/aromatic N) is 3. The number of anilines is 1. The van der Waals surface area contributed by atoms with Crippen molar-refractivity contribution >= 4 is 11.5 Å². The van der Waals surface area contributed by atoms with Gasteiger partial charge in [0.15, 0.2) is 0 Å². The summed E-state index contributed by atoms with van der Waals surface area (Å²) in [6, 6.07) is 14.8. The number of nitrogens with one attached hydrogen (secondary N) is 1. The summed E-state index contributed by atoms with van der Waals surface area (Å²) < 4.78 is 20.1. The van der Waals surface area contributed by atoms with Crippen molar-refractivity contribution in [3.63, 3.8) is 0 Å². The van der Waals surface area contributed by atoms with Gasteiger partial charge in [-0.15, -0.1) is 0 Å². The van der Waals surface area contributed by atoms with Crippen molar-refractivity contribution in [3.8, 4) is 5.75 Å². The van der Waals surface area contributed by atoms with Crippen LogP contribution in [0.25, 0.3) is 0 Å². The SMILES string of the molecule is CC(C)Oc1cccc(CN2CCC3(CC2)C(N[C@@H]2CCC[C@@H](O)C2)=NC(O)N3c2cccc(F)c2)c1. The fraction of sp³-hybridized carbons (Fsp3) is 0.552. The van der Waals surface area contributed by atoms with Gasteiger partial charge in [0.05, 0.1) is 12.2 Å². The van der Waals surface area contributed by atoms with E-state index in [-0.39, 0.29) is 24.1 Å². The fourth-order valence-electron chi connectivity index (χ4n) is 6.10. The molecule has 1 unspecified atom stereocenters. The number of benzene rings is 2. The summed E-state index contributed by atoms with van der Waals surface area (Å²) in [4.78, 5) is 8.96. The number of piperidine rings is 1. The van der Waals surface area contributed by atoms with E-state index >= 15 is 0 Å². The molecule has 3 aliphatic rings. The Morgan fingerprint density at radius 1 is 1.11 bits per heavy atom. The molecule has 3 N–H and O–H groups in total. The minimum Gasteiger partial charge on any atom is -0.491 e. The first-order chi connectivity index (χ1) is 17.8. The minimum atomic E-state index is -1.09. The molecular weight excluding hydrogens is 471 g/mol. The van der Waals surface area contributed by atoms with E-state index in [1.807, 2.05) is 36.9 Å². The summed E-state index contributed by atoms with van der Waals surface area (Å²) in [7, 11) is 0. The van der Waals surface area contributed by atoms with Crippen LogP contribution in [0.2, 0.25) is 0 Å². The molecule has 1 saturated carbocycles. The molecule has 0 amide bonds. The summed E-state index contributed by atoms with van der Waals surface area (Å²) in [5.41, 5.74) is 1.27. The third-order valence-electron chi connectivity index (χ3n) is 7.81. The average Bonchev–Trinajstić information content (AvgIpc) is 3.10. The average molecular weight is 511 g/mol. The van der Waals surface area contributed by atoms with E-state index in [0.717, 1.165) is 63.3 Å². The van der Waals surface area contributed by atoms with Crippen molar-refractivity contribution in [1.82, 2.24) is 10.2 Å². The molecule has 1 spiro atoms. The first kappa shape index (κ1) is 25.9. The third-order valence-corrected chi connectivity index (χ3v) is 7.81.